The number of ether oxygens (including phenoxy) is 2. The van der Waals surface area contributed by atoms with Gasteiger partial charge in [-0.25, -0.2) is 9.78 Å². The van der Waals surface area contributed by atoms with Crippen LogP contribution in [0.5, 0.6) is 5.75 Å². The van der Waals surface area contributed by atoms with E-state index in [1.54, 1.807) is 47.4 Å². The monoisotopic (exact) mass is 425 g/mol. The highest BCUT2D eigenvalue weighted by molar-refractivity contribution is 7.98. The Labute approximate surface area is 177 Å². The number of benzene rings is 2. The molecule has 0 spiro atoms. The van der Waals surface area contributed by atoms with E-state index in [0.29, 0.717) is 17.7 Å². The summed E-state index contributed by atoms with van der Waals surface area (Å²) in [7, 11) is 0. The Hall–Kier alpha value is -2.64. The number of hydrogen-bond acceptors (Lipinski definition) is 7. The first-order chi connectivity index (χ1) is 14.1. The van der Waals surface area contributed by atoms with E-state index in [4.69, 9.17) is 9.47 Å². The Kier molecular flexibility index (Phi) is 5.97. The van der Waals surface area contributed by atoms with Crippen molar-refractivity contribution in [2.75, 3.05) is 13.2 Å². The van der Waals surface area contributed by atoms with Crippen molar-refractivity contribution in [1.29, 1.82) is 0 Å². The highest BCUT2D eigenvalue weighted by Crippen LogP contribution is 2.26. The second kappa shape index (κ2) is 8.80. The van der Waals surface area contributed by atoms with Crippen molar-refractivity contribution in [1.82, 2.24) is 4.98 Å². The van der Waals surface area contributed by atoms with Crippen molar-refractivity contribution in [3.8, 4) is 5.75 Å². The van der Waals surface area contributed by atoms with Gasteiger partial charge in [-0.2, -0.15) is 0 Å². The Morgan fingerprint density at radius 1 is 1.17 bits per heavy atom. The minimum Gasteiger partial charge on any atom is -0.493 e. The minimum absolute atomic E-state index is 0.223. The summed E-state index contributed by atoms with van der Waals surface area (Å²) in [6.07, 6.45) is 0.794. The fourth-order valence-electron chi connectivity index (χ4n) is 2.98. The van der Waals surface area contributed by atoms with E-state index in [0.717, 1.165) is 39.1 Å². The first-order valence-corrected chi connectivity index (χ1v) is 11.0. The van der Waals surface area contributed by atoms with Crippen LogP contribution in [-0.2, 0) is 16.9 Å². The zero-order chi connectivity index (χ0) is 20.2. The van der Waals surface area contributed by atoms with Gasteiger partial charge in [0, 0.05) is 28.0 Å². The highest BCUT2D eigenvalue weighted by atomic mass is 32.2. The molecule has 0 unspecified atom stereocenters. The average Bonchev–Trinajstić information content (AvgIpc) is 3.38. The molecule has 1 aliphatic heterocycles. The van der Waals surface area contributed by atoms with Gasteiger partial charge in [-0.1, -0.05) is 0 Å². The molecule has 4 rings (SSSR count). The van der Waals surface area contributed by atoms with Gasteiger partial charge in [0.15, 0.2) is 12.4 Å². The van der Waals surface area contributed by atoms with Gasteiger partial charge < -0.3 is 9.47 Å². The summed E-state index contributed by atoms with van der Waals surface area (Å²) in [4.78, 5) is 30.1. The number of carbonyl (C=O) groups is 2. The molecule has 0 bridgehead atoms. The van der Waals surface area contributed by atoms with Crippen LogP contribution in [0.3, 0.4) is 0 Å². The standard InChI is InChI=1S/C22H19NO4S2/c1-14-23-18(12-28-14)13-29-19-5-2-15(3-6-19)22(25)27-11-20(24)16-4-7-21-17(10-16)8-9-26-21/h2-7,10,12H,8-9,11,13H2,1H3. The molecule has 148 valence electrons. The summed E-state index contributed by atoms with van der Waals surface area (Å²) in [5.41, 5.74) is 3.03. The van der Waals surface area contributed by atoms with Crippen LogP contribution in [0.15, 0.2) is 52.7 Å². The predicted octanol–water partition coefficient (Wildman–Crippen LogP) is 4.72. The van der Waals surface area contributed by atoms with Crippen LogP contribution in [0.2, 0.25) is 0 Å². The molecule has 0 radical (unpaired) electrons. The normalized spacial score (nSPS) is 12.3. The van der Waals surface area contributed by atoms with Crippen molar-refractivity contribution in [3.05, 3.63) is 75.2 Å². The van der Waals surface area contributed by atoms with Crippen LogP contribution in [0.1, 0.15) is 37.0 Å². The van der Waals surface area contributed by atoms with E-state index >= 15 is 0 Å². The summed E-state index contributed by atoms with van der Waals surface area (Å²) >= 11 is 3.30. The quantitative estimate of drug-likeness (QED) is 0.310. The van der Waals surface area contributed by atoms with Gasteiger partial charge in [0.2, 0.25) is 0 Å². The Bertz CT molecular complexity index is 1040. The largest absolute Gasteiger partial charge is 0.493 e. The molecule has 3 aromatic rings. The Morgan fingerprint density at radius 2 is 1.97 bits per heavy atom. The third kappa shape index (κ3) is 4.86. The minimum atomic E-state index is -0.505. The van der Waals surface area contributed by atoms with Gasteiger partial charge in [0.05, 0.1) is 22.9 Å². The van der Waals surface area contributed by atoms with Crippen LogP contribution in [0, 0.1) is 6.92 Å². The van der Waals surface area contributed by atoms with E-state index in [2.05, 4.69) is 10.4 Å². The number of carbonyl (C=O) groups excluding carboxylic acids is 2. The third-order valence-electron chi connectivity index (χ3n) is 4.49. The third-order valence-corrected chi connectivity index (χ3v) is 6.36. The van der Waals surface area contributed by atoms with E-state index in [-0.39, 0.29) is 12.4 Å². The molecule has 29 heavy (non-hydrogen) atoms. The molecule has 0 fully saturated rings. The zero-order valence-corrected chi connectivity index (χ0v) is 17.5. The number of ketones is 1. The van der Waals surface area contributed by atoms with Crippen molar-refractivity contribution in [2.45, 2.75) is 24.0 Å². The summed E-state index contributed by atoms with van der Waals surface area (Å²) in [6.45, 7) is 2.35. The topological polar surface area (TPSA) is 65.5 Å². The maximum Gasteiger partial charge on any atom is 0.338 e. The second-order valence-corrected chi connectivity index (χ2v) is 8.70. The lowest BCUT2D eigenvalue weighted by molar-refractivity contribution is 0.0474. The summed E-state index contributed by atoms with van der Waals surface area (Å²) in [5, 5.41) is 3.11. The predicted molar refractivity (Wildman–Crippen MR) is 113 cm³/mol. The van der Waals surface area contributed by atoms with Gasteiger partial charge in [0.25, 0.3) is 0 Å². The first kappa shape index (κ1) is 19.7. The number of aryl methyl sites for hydroxylation is 1. The molecule has 0 atom stereocenters. The molecule has 2 heterocycles. The van der Waals surface area contributed by atoms with Crippen LogP contribution < -0.4 is 4.74 Å². The van der Waals surface area contributed by atoms with Gasteiger partial charge in [0.1, 0.15) is 5.75 Å². The van der Waals surface area contributed by atoms with Crippen LogP contribution in [0.4, 0.5) is 0 Å². The Morgan fingerprint density at radius 3 is 2.72 bits per heavy atom. The zero-order valence-electron chi connectivity index (χ0n) is 15.8. The maximum absolute atomic E-state index is 12.3. The van der Waals surface area contributed by atoms with E-state index < -0.39 is 5.97 Å². The van der Waals surface area contributed by atoms with E-state index in [1.165, 1.54) is 0 Å². The first-order valence-electron chi connectivity index (χ1n) is 9.18. The number of aromatic nitrogens is 1. The summed E-state index contributed by atoms with van der Waals surface area (Å²) in [5.74, 6) is 0.878. The Balaban J connectivity index is 1.29. The average molecular weight is 426 g/mol. The summed E-state index contributed by atoms with van der Waals surface area (Å²) < 4.78 is 10.6. The SMILES string of the molecule is Cc1nc(CSc2ccc(C(=O)OCC(=O)c3ccc4c(c3)CCO4)cc2)cs1. The molecule has 0 aliphatic carbocycles. The molecule has 0 saturated carbocycles. The number of nitrogens with zero attached hydrogens (tertiary/aromatic N) is 1. The van der Waals surface area contributed by atoms with Gasteiger partial charge in [-0.3, -0.25) is 4.79 Å². The number of esters is 1. The lowest BCUT2D eigenvalue weighted by Crippen LogP contribution is -2.14. The molecule has 7 heteroatoms. The molecule has 5 nitrogen and oxygen atoms in total. The van der Waals surface area contributed by atoms with Crippen molar-refractivity contribution >= 4 is 34.9 Å². The number of thiazole rings is 1. The lowest BCUT2D eigenvalue weighted by atomic mass is 10.1. The highest BCUT2D eigenvalue weighted by Gasteiger charge is 2.16. The molecule has 1 aliphatic rings. The van der Waals surface area contributed by atoms with Crippen molar-refractivity contribution in [3.63, 3.8) is 0 Å². The number of rotatable bonds is 7. The number of thioether (sulfide) groups is 1. The number of fused-ring (bicyclic) bond motifs is 1. The van der Waals surface area contributed by atoms with Crippen LogP contribution in [-0.4, -0.2) is 30.0 Å². The lowest BCUT2D eigenvalue weighted by Gasteiger charge is -2.06. The molecule has 0 N–H and O–H groups in total. The summed E-state index contributed by atoms with van der Waals surface area (Å²) in [6, 6.07) is 12.5. The number of Topliss-reactive ketones (excluding diaryl/α,β-unsaturated/α-hetero) is 1. The van der Waals surface area contributed by atoms with Gasteiger partial charge in [-0.15, -0.1) is 23.1 Å². The van der Waals surface area contributed by atoms with Crippen LogP contribution >= 0.6 is 23.1 Å². The smallest absolute Gasteiger partial charge is 0.338 e. The van der Waals surface area contributed by atoms with Crippen molar-refractivity contribution < 1.29 is 19.1 Å². The van der Waals surface area contributed by atoms with E-state index in [9.17, 15) is 9.59 Å². The fourth-order valence-corrected chi connectivity index (χ4v) is 4.49. The number of hydrogen-bond donors (Lipinski definition) is 0. The maximum atomic E-state index is 12.3. The molecule has 0 amide bonds. The molecule has 1 aromatic heterocycles. The van der Waals surface area contributed by atoms with Crippen molar-refractivity contribution in [2.24, 2.45) is 0 Å². The van der Waals surface area contributed by atoms with Gasteiger partial charge in [-0.05, 0) is 55.0 Å². The molecular weight excluding hydrogens is 406 g/mol. The van der Waals surface area contributed by atoms with Gasteiger partial charge >= 0.3 is 5.97 Å². The molecule has 0 saturated heterocycles. The van der Waals surface area contributed by atoms with E-state index in [1.807, 2.05) is 25.1 Å². The fraction of sp³-hybridized carbons (Fsp3) is 0.227. The van der Waals surface area contributed by atoms with Crippen LogP contribution in [0.25, 0.3) is 0 Å². The molecular formula is C22H19NO4S2. The second-order valence-electron chi connectivity index (χ2n) is 6.59. The molecule has 2 aromatic carbocycles.